The van der Waals surface area contributed by atoms with Crippen molar-refractivity contribution < 1.29 is 19.7 Å². The molecular formula is C22H19N3O4. The van der Waals surface area contributed by atoms with E-state index in [1.807, 2.05) is 24.3 Å². The molecule has 4 rings (SSSR count). The first-order valence-electron chi connectivity index (χ1n) is 8.85. The zero-order valence-electron chi connectivity index (χ0n) is 15.9. The number of phenolic OH excluding ortho intramolecular Hbond substituents is 2. The summed E-state index contributed by atoms with van der Waals surface area (Å²) in [5.41, 5.74) is 3.14. The highest BCUT2D eigenvalue weighted by Gasteiger charge is 2.11. The Kier molecular flexibility index (Phi) is 4.78. The Morgan fingerprint density at radius 3 is 2.34 bits per heavy atom. The van der Waals surface area contributed by atoms with Crippen LogP contribution in [0.2, 0.25) is 0 Å². The average Bonchev–Trinajstić information content (AvgIpc) is 2.74. The molecule has 1 aromatic heterocycles. The predicted molar refractivity (Wildman–Crippen MR) is 111 cm³/mol. The quantitative estimate of drug-likeness (QED) is 0.463. The van der Waals surface area contributed by atoms with E-state index in [1.165, 1.54) is 13.4 Å². The number of nitrogens with zero attached hydrogens (tertiary/aromatic N) is 2. The third-order valence-electron chi connectivity index (χ3n) is 4.58. The monoisotopic (exact) mass is 389 g/mol. The van der Waals surface area contributed by atoms with Gasteiger partial charge in [-0.1, -0.05) is 12.1 Å². The fourth-order valence-corrected chi connectivity index (χ4v) is 3.11. The number of hydrogen-bond donors (Lipinski definition) is 3. The van der Waals surface area contributed by atoms with Crippen LogP contribution in [0, 0.1) is 0 Å². The van der Waals surface area contributed by atoms with Crippen molar-refractivity contribution in [3.8, 4) is 34.1 Å². The lowest BCUT2D eigenvalue weighted by Crippen LogP contribution is -1.98. The summed E-state index contributed by atoms with van der Waals surface area (Å²) in [7, 11) is 3.07. The molecule has 7 heteroatoms. The minimum absolute atomic E-state index is 0.0821. The lowest BCUT2D eigenvalue weighted by Gasteiger charge is -2.13. The molecule has 0 bridgehead atoms. The summed E-state index contributed by atoms with van der Waals surface area (Å²) in [6, 6.07) is 15.8. The number of rotatable bonds is 5. The van der Waals surface area contributed by atoms with Gasteiger partial charge in [-0.2, -0.15) is 0 Å². The van der Waals surface area contributed by atoms with Crippen molar-refractivity contribution in [1.29, 1.82) is 0 Å². The lowest BCUT2D eigenvalue weighted by molar-refractivity contribution is 0.373. The maximum atomic E-state index is 9.85. The molecule has 146 valence electrons. The molecule has 4 aromatic rings. The number of nitrogens with one attached hydrogen (secondary N) is 1. The van der Waals surface area contributed by atoms with E-state index >= 15 is 0 Å². The number of hydrogen-bond acceptors (Lipinski definition) is 7. The Balaban J connectivity index is 1.80. The Hall–Kier alpha value is -4.00. The zero-order valence-corrected chi connectivity index (χ0v) is 15.9. The van der Waals surface area contributed by atoms with Crippen LogP contribution in [0.15, 0.2) is 60.9 Å². The standard InChI is InChI=1S/C22H19N3O4/c1-28-20-8-5-15(26)11-18(20)25-22-16-9-13(3-6-17(16)23-12-24-22)14-4-7-19(27)21(10-14)29-2/h3-12,26-27H,1-2H3,(H,23,24,25). The van der Waals surface area contributed by atoms with E-state index < -0.39 is 0 Å². The van der Waals surface area contributed by atoms with Gasteiger partial charge in [-0.3, -0.25) is 0 Å². The summed E-state index contributed by atoms with van der Waals surface area (Å²) >= 11 is 0. The number of ether oxygens (including phenoxy) is 2. The first kappa shape index (κ1) is 18.4. The third kappa shape index (κ3) is 3.58. The number of methoxy groups -OCH3 is 2. The number of aromatic hydroxyl groups is 2. The summed E-state index contributed by atoms with van der Waals surface area (Å²) in [5.74, 6) is 1.75. The highest BCUT2D eigenvalue weighted by molar-refractivity contribution is 5.94. The molecule has 0 atom stereocenters. The van der Waals surface area contributed by atoms with Gasteiger partial charge in [-0.05, 0) is 47.5 Å². The van der Waals surface area contributed by atoms with Crippen molar-refractivity contribution in [2.45, 2.75) is 0 Å². The Morgan fingerprint density at radius 1 is 0.793 bits per heavy atom. The molecule has 0 saturated carbocycles. The molecule has 1 heterocycles. The van der Waals surface area contributed by atoms with Crippen LogP contribution in [0.25, 0.3) is 22.0 Å². The number of fused-ring (bicyclic) bond motifs is 1. The fraction of sp³-hybridized carbons (Fsp3) is 0.0909. The maximum absolute atomic E-state index is 9.85. The highest BCUT2D eigenvalue weighted by atomic mass is 16.5. The first-order valence-corrected chi connectivity index (χ1v) is 8.85. The molecule has 3 N–H and O–H groups in total. The summed E-state index contributed by atoms with van der Waals surface area (Å²) < 4.78 is 10.6. The van der Waals surface area contributed by atoms with E-state index in [0.29, 0.717) is 23.0 Å². The van der Waals surface area contributed by atoms with Crippen LogP contribution >= 0.6 is 0 Å². The molecule has 0 aliphatic carbocycles. The SMILES string of the molecule is COc1cc(-c2ccc3ncnc(Nc4cc(O)ccc4OC)c3c2)ccc1O. The highest BCUT2D eigenvalue weighted by Crippen LogP contribution is 2.35. The van der Waals surface area contributed by atoms with E-state index in [1.54, 1.807) is 37.4 Å². The van der Waals surface area contributed by atoms with Crippen molar-refractivity contribution in [1.82, 2.24) is 9.97 Å². The zero-order chi connectivity index (χ0) is 20.4. The number of benzene rings is 3. The molecule has 0 amide bonds. The van der Waals surface area contributed by atoms with Gasteiger partial charge in [0.15, 0.2) is 11.5 Å². The summed E-state index contributed by atoms with van der Waals surface area (Å²) in [5, 5.41) is 23.7. The molecule has 0 fully saturated rings. The molecule has 0 unspecified atom stereocenters. The largest absolute Gasteiger partial charge is 0.508 e. The third-order valence-corrected chi connectivity index (χ3v) is 4.58. The van der Waals surface area contributed by atoms with Gasteiger partial charge < -0.3 is 25.0 Å². The van der Waals surface area contributed by atoms with Gasteiger partial charge in [0.05, 0.1) is 25.4 Å². The van der Waals surface area contributed by atoms with E-state index in [-0.39, 0.29) is 11.5 Å². The van der Waals surface area contributed by atoms with E-state index in [0.717, 1.165) is 22.0 Å². The molecule has 0 aliphatic heterocycles. The summed E-state index contributed by atoms with van der Waals surface area (Å²) in [6.45, 7) is 0. The van der Waals surface area contributed by atoms with Gasteiger partial charge in [0.2, 0.25) is 0 Å². The van der Waals surface area contributed by atoms with Gasteiger partial charge in [0.1, 0.15) is 23.6 Å². The van der Waals surface area contributed by atoms with Gasteiger partial charge in [0, 0.05) is 11.5 Å². The minimum Gasteiger partial charge on any atom is -0.508 e. The molecule has 0 saturated heterocycles. The van der Waals surface area contributed by atoms with Crippen LogP contribution in [-0.4, -0.2) is 34.4 Å². The second-order valence-electron chi connectivity index (χ2n) is 6.35. The van der Waals surface area contributed by atoms with Gasteiger partial charge >= 0.3 is 0 Å². The minimum atomic E-state index is 0.0821. The van der Waals surface area contributed by atoms with Gasteiger partial charge in [-0.25, -0.2) is 9.97 Å². The topological polar surface area (TPSA) is 96.7 Å². The Labute approximate surface area is 167 Å². The van der Waals surface area contributed by atoms with E-state index in [4.69, 9.17) is 9.47 Å². The molecule has 0 aliphatic rings. The van der Waals surface area contributed by atoms with Gasteiger partial charge in [-0.15, -0.1) is 0 Å². The van der Waals surface area contributed by atoms with Crippen LogP contribution in [0.4, 0.5) is 11.5 Å². The van der Waals surface area contributed by atoms with Crippen molar-refractivity contribution >= 4 is 22.4 Å². The van der Waals surface area contributed by atoms with Crippen molar-refractivity contribution in [2.75, 3.05) is 19.5 Å². The van der Waals surface area contributed by atoms with Crippen molar-refractivity contribution in [3.05, 3.63) is 60.9 Å². The number of aromatic nitrogens is 2. The number of anilines is 2. The van der Waals surface area contributed by atoms with Crippen LogP contribution in [0.1, 0.15) is 0 Å². The normalized spacial score (nSPS) is 10.7. The van der Waals surface area contributed by atoms with Crippen LogP contribution in [0.3, 0.4) is 0 Å². The molecule has 0 radical (unpaired) electrons. The van der Waals surface area contributed by atoms with Crippen LogP contribution in [0.5, 0.6) is 23.0 Å². The predicted octanol–water partition coefficient (Wildman–Crippen LogP) is 4.47. The van der Waals surface area contributed by atoms with E-state index in [9.17, 15) is 10.2 Å². The summed E-state index contributed by atoms with van der Waals surface area (Å²) in [6.07, 6.45) is 1.48. The second kappa shape index (κ2) is 7.55. The van der Waals surface area contributed by atoms with Crippen LogP contribution in [-0.2, 0) is 0 Å². The second-order valence-corrected chi connectivity index (χ2v) is 6.35. The molecule has 7 nitrogen and oxygen atoms in total. The molecule has 29 heavy (non-hydrogen) atoms. The van der Waals surface area contributed by atoms with E-state index in [2.05, 4.69) is 15.3 Å². The van der Waals surface area contributed by atoms with Crippen molar-refractivity contribution in [3.63, 3.8) is 0 Å². The fourth-order valence-electron chi connectivity index (χ4n) is 3.11. The van der Waals surface area contributed by atoms with Crippen LogP contribution < -0.4 is 14.8 Å². The lowest BCUT2D eigenvalue weighted by atomic mass is 10.0. The molecular weight excluding hydrogens is 370 g/mol. The molecule has 3 aromatic carbocycles. The van der Waals surface area contributed by atoms with Crippen molar-refractivity contribution in [2.24, 2.45) is 0 Å². The Bertz CT molecular complexity index is 1190. The smallest absolute Gasteiger partial charge is 0.161 e. The molecule has 0 spiro atoms. The maximum Gasteiger partial charge on any atom is 0.161 e. The summed E-state index contributed by atoms with van der Waals surface area (Å²) in [4.78, 5) is 8.70. The van der Waals surface area contributed by atoms with Gasteiger partial charge in [0.25, 0.3) is 0 Å². The Morgan fingerprint density at radius 2 is 1.55 bits per heavy atom. The number of phenols is 2. The first-order chi connectivity index (χ1) is 14.1. The average molecular weight is 389 g/mol.